The summed E-state index contributed by atoms with van der Waals surface area (Å²) in [7, 11) is -3.27. The highest BCUT2D eigenvalue weighted by Crippen LogP contribution is 2.63. The average molecular weight is 383 g/mol. The molecule has 1 aromatic rings. The van der Waals surface area contributed by atoms with Crippen LogP contribution in [0.15, 0.2) is 6.07 Å². The summed E-state index contributed by atoms with van der Waals surface area (Å²) in [4.78, 5) is 13.0. The van der Waals surface area contributed by atoms with Crippen molar-refractivity contribution in [3.05, 3.63) is 17.5 Å². The zero-order valence-electron chi connectivity index (χ0n) is 16.4. The fourth-order valence-electron chi connectivity index (χ4n) is 4.90. The van der Waals surface area contributed by atoms with Gasteiger partial charge in [0, 0.05) is 25.3 Å². The molecule has 0 spiro atoms. The SMILES string of the molecule is CCS(=O)(=O)N1C[C@@H]2C(C)(C)C[C@]2(C(=O)NCCn2nc(C)cc2C)C1. The number of fused-ring (bicyclic) bond motifs is 1. The molecule has 1 amide bonds. The number of carbonyl (C=O) groups is 1. The van der Waals surface area contributed by atoms with Crippen LogP contribution in [0.5, 0.6) is 0 Å². The van der Waals surface area contributed by atoms with Crippen molar-refractivity contribution in [3.8, 4) is 0 Å². The van der Waals surface area contributed by atoms with E-state index in [0.717, 1.165) is 17.8 Å². The molecule has 146 valence electrons. The van der Waals surface area contributed by atoms with Crippen molar-refractivity contribution in [1.82, 2.24) is 19.4 Å². The van der Waals surface area contributed by atoms with E-state index in [9.17, 15) is 13.2 Å². The maximum atomic E-state index is 13.0. The van der Waals surface area contributed by atoms with Gasteiger partial charge < -0.3 is 5.32 Å². The Balaban J connectivity index is 1.68. The highest BCUT2D eigenvalue weighted by atomic mass is 32.2. The second-order valence-electron chi connectivity index (χ2n) is 8.47. The van der Waals surface area contributed by atoms with Crippen molar-refractivity contribution in [2.24, 2.45) is 16.7 Å². The van der Waals surface area contributed by atoms with Crippen LogP contribution < -0.4 is 5.32 Å². The molecular weight excluding hydrogens is 352 g/mol. The average Bonchev–Trinajstić information content (AvgIpc) is 3.05. The van der Waals surface area contributed by atoms with Crippen LogP contribution in [0, 0.1) is 30.6 Å². The van der Waals surface area contributed by atoms with Crippen LogP contribution in [0.4, 0.5) is 0 Å². The standard InChI is InChI=1S/C18H30N4O3S/c1-6-26(24,25)21-10-15-17(4,5)11-18(15,12-21)16(23)19-7-8-22-14(3)9-13(2)20-22/h9,15H,6-8,10-12H2,1-5H3,(H,19,23)/t15-,18+/m1/s1. The van der Waals surface area contributed by atoms with Crippen LogP contribution in [-0.2, 0) is 21.4 Å². The van der Waals surface area contributed by atoms with Gasteiger partial charge in [0.2, 0.25) is 15.9 Å². The van der Waals surface area contributed by atoms with Crippen molar-refractivity contribution >= 4 is 15.9 Å². The van der Waals surface area contributed by atoms with E-state index < -0.39 is 15.4 Å². The Morgan fingerprint density at radius 3 is 2.62 bits per heavy atom. The number of carbonyl (C=O) groups excluding carboxylic acids is 1. The maximum Gasteiger partial charge on any atom is 0.227 e. The lowest BCUT2D eigenvalue weighted by molar-refractivity contribution is -0.152. The lowest BCUT2D eigenvalue weighted by Crippen LogP contribution is -2.60. The quantitative estimate of drug-likeness (QED) is 0.804. The summed E-state index contributed by atoms with van der Waals surface area (Å²) >= 11 is 0. The lowest BCUT2D eigenvalue weighted by Gasteiger charge is -2.55. The molecular formula is C18H30N4O3S. The van der Waals surface area contributed by atoms with Crippen LogP contribution in [-0.4, -0.2) is 53.8 Å². The third-order valence-electron chi connectivity index (χ3n) is 6.15. The number of nitrogens with one attached hydrogen (secondary N) is 1. The summed E-state index contributed by atoms with van der Waals surface area (Å²) in [5.41, 5.74) is 1.44. The van der Waals surface area contributed by atoms with Crippen molar-refractivity contribution in [1.29, 1.82) is 0 Å². The van der Waals surface area contributed by atoms with E-state index in [1.165, 1.54) is 4.31 Å². The summed E-state index contributed by atoms with van der Waals surface area (Å²) in [6, 6.07) is 2.01. The molecule has 2 aliphatic rings. The number of aryl methyl sites for hydroxylation is 2. The number of hydrogen-bond donors (Lipinski definition) is 1. The molecule has 0 aromatic carbocycles. The molecule has 3 rings (SSSR count). The van der Waals surface area contributed by atoms with Gasteiger partial charge in [0.15, 0.2) is 0 Å². The smallest absolute Gasteiger partial charge is 0.227 e. The largest absolute Gasteiger partial charge is 0.354 e. The van der Waals surface area contributed by atoms with Crippen LogP contribution in [0.2, 0.25) is 0 Å². The molecule has 2 fully saturated rings. The Labute approximate surface area is 156 Å². The van der Waals surface area contributed by atoms with Gasteiger partial charge in [-0.1, -0.05) is 13.8 Å². The van der Waals surface area contributed by atoms with E-state index in [0.29, 0.717) is 26.2 Å². The van der Waals surface area contributed by atoms with E-state index in [-0.39, 0.29) is 23.0 Å². The van der Waals surface area contributed by atoms with E-state index in [1.807, 2.05) is 24.6 Å². The first-order chi connectivity index (χ1) is 12.0. The Kier molecular flexibility index (Phi) is 4.72. The molecule has 1 aliphatic heterocycles. The number of nitrogens with zero attached hydrogens (tertiary/aromatic N) is 3. The summed E-state index contributed by atoms with van der Waals surface area (Å²) in [6.07, 6.45) is 0.728. The molecule has 1 N–H and O–H groups in total. The van der Waals surface area contributed by atoms with Gasteiger partial charge in [0.1, 0.15) is 0 Å². The van der Waals surface area contributed by atoms with Gasteiger partial charge in [-0.2, -0.15) is 5.10 Å². The first-order valence-corrected chi connectivity index (χ1v) is 10.9. The summed E-state index contributed by atoms with van der Waals surface area (Å²) in [5, 5.41) is 7.45. The maximum absolute atomic E-state index is 13.0. The van der Waals surface area contributed by atoms with Gasteiger partial charge >= 0.3 is 0 Å². The number of amides is 1. The minimum Gasteiger partial charge on any atom is -0.354 e. The second kappa shape index (κ2) is 6.34. The first-order valence-electron chi connectivity index (χ1n) is 9.29. The number of sulfonamides is 1. The molecule has 1 aromatic heterocycles. The monoisotopic (exact) mass is 382 g/mol. The second-order valence-corrected chi connectivity index (χ2v) is 10.7. The van der Waals surface area contributed by atoms with Crippen LogP contribution in [0.25, 0.3) is 0 Å². The molecule has 26 heavy (non-hydrogen) atoms. The Hall–Kier alpha value is -1.41. The molecule has 2 heterocycles. The van der Waals surface area contributed by atoms with E-state index in [1.54, 1.807) is 6.92 Å². The normalized spacial score (nSPS) is 27.8. The van der Waals surface area contributed by atoms with E-state index in [2.05, 4.69) is 24.3 Å². The van der Waals surface area contributed by atoms with Gasteiger partial charge in [-0.25, -0.2) is 12.7 Å². The van der Waals surface area contributed by atoms with Gasteiger partial charge in [-0.05, 0) is 44.6 Å². The topological polar surface area (TPSA) is 84.3 Å². The predicted molar refractivity (Wildman–Crippen MR) is 100 cm³/mol. The van der Waals surface area contributed by atoms with E-state index >= 15 is 0 Å². The van der Waals surface area contributed by atoms with Gasteiger partial charge in [-0.15, -0.1) is 0 Å². The third-order valence-corrected chi connectivity index (χ3v) is 7.94. The first kappa shape index (κ1) is 19.4. The number of rotatable bonds is 6. The predicted octanol–water partition coefficient (Wildman–Crippen LogP) is 1.31. The molecule has 0 bridgehead atoms. The number of hydrogen-bond acceptors (Lipinski definition) is 4. The van der Waals surface area contributed by atoms with Crippen molar-refractivity contribution in [2.45, 2.75) is 47.6 Å². The van der Waals surface area contributed by atoms with Gasteiger partial charge in [-0.3, -0.25) is 9.48 Å². The fourth-order valence-corrected chi connectivity index (χ4v) is 6.07. The fraction of sp³-hybridized carbons (Fsp3) is 0.778. The van der Waals surface area contributed by atoms with Crippen LogP contribution in [0.3, 0.4) is 0 Å². The zero-order chi connectivity index (χ0) is 19.3. The minimum absolute atomic E-state index is 0.00889. The minimum atomic E-state index is -3.27. The van der Waals surface area contributed by atoms with Crippen molar-refractivity contribution < 1.29 is 13.2 Å². The Morgan fingerprint density at radius 2 is 2.08 bits per heavy atom. The number of aromatic nitrogens is 2. The summed E-state index contributed by atoms with van der Waals surface area (Å²) in [6.45, 7) is 11.7. The summed E-state index contributed by atoms with van der Waals surface area (Å²) in [5.74, 6) is 0.137. The van der Waals surface area contributed by atoms with Crippen LogP contribution in [0.1, 0.15) is 38.6 Å². The Bertz CT molecular complexity index is 814. The molecule has 0 radical (unpaired) electrons. The molecule has 0 unspecified atom stereocenters. The Morgan fingerprint density at radius 1 is 1.38 bits per heavy atom. The third kappa shape index (κ3) is 3.07. The molecule has 1 saturated heterocycles. The molecule has 7 nitrogen and oxygen atoms in total. The lowest BCUT2D eigenvalue weighted by atomic mass is 9.47. The van der Waals surface area contributed by atoms with Crippen molar-refractivity contribution in [2.75, 3.05) is 25.4 Å². The summed E-state index contributed by atoms with van der Waals surface area (Å²) < 4.78 is 28.0. The molecule has 8 heteroatoms. The highest BCUT2D eigenvalue weighted by Gasteiger charge is 2.67. The highest BCUT2D eigenvalue weighted by molar-refractivity contribution is 7.89. The zero-order valence-corrected chi connectivity index (χ0v) is 17.2. The molecule has 1 saturated carbocycles. The molecule has 2 atom stereocenters. The van der Waals surface area contributed by atoms with E-state index in [4.69, 9.17) is 0 Å². The van der Waals surface area contributed by atoms with Gasteiger partial charge in [0.25, 0.3) is 0 Å². The van der Waals surface area contributed by atoms with Crippen molar-refractivity contribution in [3.63, 3.8) is 0 Å². The van der Waals surface area contributed by atoms with Gasteiger partial charge in [0.05, 0.1) is 23.4 Å². The molecule has 1 aliphatic carbocycles. The van der Waals surface area contributed by atoms with Crippen LogP contribution >= 0.6 is 0 Å².